The molecule has 25 heavy (non-hydrogen) atoms. The van der Waals surface area contributed by atoms with E-state index in [1.165, 1.54) is 0 Å². The van der Waals surface area contributed by atoms with Crippen LogP contribution in [-0.2, 0) is 6.42 Å². The topological polar surface area (TPSA) is 78.7 Å². The Morgan fingerprint density at radius 1 is 1.24 bits per heavy atom. The van der Waals surface area contributed by atoms with Crippen LogP contribution >= 0.6 is 8.38 Å². The average molecular weight is 363 g/mol. The van der Waals surface area contributed by atoms with E-state index < -0.39 is 8.38 Å². The van der Waals surface area contributed by atoms with Crippen molar-refractivity contribution in [3.63, 3.8) is 0 Å². The summed E-state index contributed by atoms with van der Waals surface area (Å²) in [5.74, 6) is 3.24. The van der Waals surface area contributed by atoms with Gasteiger partial charge in [0.05, 0.1) is 12.6 Å². The Balaban J connectivity index is 1.81. The number of anilines is 1. The van der Waals surface area contributed by atoms with Crippen LogP contribution in [0.3, 0.4) is 0 Å². The second kappa shape index (κ2) is 8.26. The lowest BCUT2D eigenvalue weighted by Gasteiger charge is -2.33. The molecule has 3 rings (SSSR count). The Bertz CT molecular complexity index is 713. The maximum Gasteiger partial charge on any atom is 0.164 e. The molecule has 2 heterocycles. The van der Waals surface area contributed by atoms with Crippen LogP contribution in [0.4, 0.5) is 5.82 Å². The molecule has 7 heteroatoms. The first kappa shape index (κ1) is 18.3. The van der Waals surface area contributed by atoms with Crippen molar-refractivity contribution in [1.82, 2.24) is 9.97 Å². The first-order valence-electron chi connectivity index (χ1n) is 8.85. The third kappa shape index (κ3) is 4.38. The number of benzene rings is 1. The van der Waals surface area contributed by atoms with Crippen LogP contribution in [0.2, 0.25) is 0 Å². The lowest BCUT2D eigenvalue weighted by Crippen LogP contribution is -2.34. The monoisotopic (exact) mass is 363 g/mol. The zero-order chi connectivity index (χ0) is 17.8. The van der Waals surface area contributed by atoms with E-state index in [1.54, 1.807) is 7.11 Å². The Hall–Kier alpha value is -1.49. The molecule has 6 nitrogen and oxygen atoms in total. The molecule has 0 saturated carbocycles. The van der Waals surface area contributed by atoms with Gasteiger partial charge in [-0.2, -0.15) is 0 Å². The Morgan fingerprint density at radius 3 is 2.64 bits per heavy atom. The molecule has 2 aromatic rings. The summed E-state index contributed by atoms with van der Waals surface area (Å²) in [4.78, 5) is 30.0. The number of piperidine rings is 1. The highest BCUT2D eigenvalue weighted by atomic mass is 31.2. The predicted molar refractivity (Wildman–Crippen MR) is 101 cm³/mol. The highest BCUT2D eigenvalue weighted by Gasteiger charge is 2.23. The molecule has 136 valence electrons. The van der Waals surface area contributed by atoms with Gasteiger partial charge in [-0.25, -0.2) is 9.97 Å². The quantitative estimate of drug-likeness (QED) is 0.768. The molecule has 0 bridgehead atoms. The Labute approximate surface area is 149 Å². The van der Waals surface area contributed by atoms with E-state index in [1.807, 2.05) is 18.2 Å². The smallest absolute Gasteiger partial charge is 0.164 e. The zero-order valence-electron chi connectivity index (χ0n) is 14.9. The predicted octanol–water partition coefficient (Wildman–Crippen LogP) is 3.10. The van der Waals surface area contributed by atoms with Gasteiger partial charge in [0.1, 0.15) is 17.4 Å². The van der Waals surface area contributed by atoms with Crippen molar-refractivity contribution in [2.45, 2.75) is 32.6 Å². The van der Waals surface area contributed by atoms with Crippen molar-refractivity contribution in [2.24, 2.45) is 5.92 Å². The van der Waals surface area contributed by atoms with E-state index in [0.29, 0.717) is 12.1 Å². The highest BCUT2D eigenvalue weighted by molar-refractivity contribution is 7.45. The van der Waals surface area contributed by atoms with Gasteiger partial charge in [0.15, 0.2) is 8.38 Å². The summed E-state index contributed by atoms with van der Waals surface area (Å²) in [6.07, 6.45) is 4.34. The van der Waals surface area contributed by atoms with Gasteiger partial charge in [-0.1, -0.05) is 6.92 Å². The maximum absolute atomic E-state index is 9.11. The van der Waals surface area contributed by atoms with Gasteiger partial charge in [0.2, 0.25) is 0 Å². The van der Waals surface area contributed by atoms with Crippen molar-refractivity contribution in [3.8, 4) is 5.75 Å². The van der Waals surface area contributed by atoms with Gasteiger partial charge in [-0.15, -0.1) is 0 Å². The van der Waals surface area contributed by atoms with Gasteiger partial charge in [0.25, 0.3) is 0 Å². The standard InChI is InChI=1S/C18H26N3O3P/c1-3-17-19-16-12-14(24-2)4-5-15(16)18(20-17)21-9-6-13(7-10-21)8-11-25(22)23/h4-5,12-13,22-23H,3,6-11H2,1-2H3. The Morgan fingerprint density at radius 2 is 2.00 bits per heavy atom. The van der Waals surface area contributed by atoms with E-state index in [4.69, 9.17) is 19.5 Å². The van der Waals surface area contributed by atoms with Crippen LogP contribution in [0.5, 0.6) is 5.75 Å². The normalized spacial score (nSPS) is 16.0. The summed E-state index contributed by atoms with van der Waals surface area (Å²) in [7, 11) is -0.0953. The van der Waals surface area contributed by atoms with Crippen molar-refractivity contribution < 1.29 is 14.5 Å². The second-order valence-corrected chi connectivity index (χ2v) is 7.71. The molecule has 1 aliphatic heterocycles. The summed E-state index contributed by atoms with van der Waals surface area (Å²) in [5.41, 5.74) is 0.925. The third-order valence-electron chi connectivity index (χ3n) is 4.90. The fraction of sp³-hybridized carbons (Fsp3) is 0.556. The second-order valence-electron chi connectivity index (χ2n) is 6.52. The van der Waals surface area contributed by atoms with Crippen LogP contribution in [0.15, 0.2) is 18.2 Å². The molecule has 1 aromatic carbocycles. The van der Waals surface area contributed by atoms with E-state index in [2.05, 4.69) is 16.8 Å². The minimum Gasteiger partial charge on any atom is -0.497 e. The molecule has 1 aromatic heterocycles. The van der Waals surface area contributed by atoms with Gasteiger partial charge in [-0.3, -0.25) is 0 Å². The molecule has 1 fully saturated rings. The number of aryl methyl sites for hydroxylation is 1. The van der Waals surface area contributed by atoms with Crippen LogP contribution in [0.1, 0.15) is 32.0 Å². The van der Waals surface area contributed by atoms with E-state index in [0.717, 1.165) is 67.1 Å². The van der Waals surface area contributed by atoms with Crippen molar-refractivity contribution >= 4 is 25.1 Å². The summed E-state index contributed by atoms with van der Waals surface area (Å²) >= 11 is 0. The number of ether oxygens (including phenoxy) is 1. The molecular weight excluding hydrogens is 337 g/mol. The number of hydrogen-bond donors (Lipinski definition) is 2. The minimum absolute atomic E-state index is 0.524. The van der Waals surface area contributed by atoms with Gasteiger partial charge >= 0.3 is 0 Å². The summed E-state index contributed by atoms with van der Waals surface area (Å²) < 4.78 is 5.33. The van der Waals surface area contributed by atoms with E-state index >= 15 is 0 Å². The van der Waals surface area contributed by atoms with Crippen molar-refractivity contribution in [3.05, 3.63) is 24.0 Å². The minimum atomic E-state index is -1.76. The highest BCUT2D eigenvalue weighted by Crippen LogP contribution is 2.33. The molecule has 2 N–H and O–H groups in total. The molecule has 0 aliphatic carbocycles. The third-order valence-corrected chi connectivity index (χ3v) is 5.56. The number of rotatable bonds is 6. The summed E-state index contributed by atoms with van der Waals surface area (Å²) in [6, 6.07) is 5.97. The van der Waals surface area contributed by atoms with E-state index in [-0.39, 0.29) is 0 Å². The first-order valence-corrected chi connectivity index (χ1v) is 10.3. The number of methoxy groups -OCH3 is 1. The van der Waals surface area contributed by atoms with E-state index in [9.17, 15) is 0 Å². The van der Waals surface area contributed by atoms with Crippen LogP contribution in [-0.4, -0.2) is 46.1 Å². The van der Waals surface area contributed by atoms with Crippen molar-refractivity contribution in [2.75, 3.05) is 31.3 Å². The molecular formula is C18H26N3O3P. The van der Waals surface area contributed by atoms with Crippen molar-refractivity contribution in [1.29, 1.82) is 0 Å². The first-order chi connectivity index (χ1) is 12.1. The summed E-state index contributed by atoms with van der Waals surface area (Å²) in [6.45, 7) is 3.96. The fourth-order valence-corrected chi connectivity index (χ4v) is 3.99. The molecule has 0 spiro atoms. The molecule has 0 atom stereocenters. The van der Waals surface area contributed by atoms with Crippen LogP contribution in [0, 0.1) is 5.92 Å². The van der Waals surface area contributed by atoms with Crippen LogP contribution in [0.25, 0.3) is 10.9 Å². The fourth-order valence-electron chi connectivity index (χ4n) is 3.40. The molecule has 1 saturated heterocycles. The number of nitrogens with zero attached hydrogens (tertiary/aromatic N) is 3. The number of aromatic nitrogens is 2. The SMILES string of the molecule is CCc1nc(N2CCC(CCP(O)O)CC2)c2ccc(OC)cc2n1. The average Bonchev–Trinajstić information content (AvgIpc) is 2.65. The number of hydrogen-bond acceptors (Lipinski definition) is 6. The number of fused-ring (bicyclic) bond motifs is 1. The zero-order valence-corrected chi connectivity index (χ0v) is 15.7. The molecule has 1 aliphatic rings. The summed E-state index contributed by atoms with van der Waals surface area (Å²) in [5, 5.41) is 1.06. The molecule has 0 radical (unpaired) electrons. The van der Waals surface area contributed by atoms with Gasteiger partial charge < -0.3 is 19.4 Å². The Kier molecular flexibility index (Phi) is 6.05. The van der Waals surface area contributed by atoms with Crippen LogP contribution < -0.4 is 9.64 Å². The largest absolute Gasteiger partial charge is 0.497 e. The maximum atomic E-state index is 9.11. The molecule has 0 amide bonds. The lowest BCUT2D eigenvalue weighted by atomic mass is 9.94. The van der Waals surface area contributed by atoms with Gasteiger partial charge in [0, 0.05) is 37.1 Å². The molecule has 0 unspecified atom stereocenters. The lowest BCUT2D eigenvalue weighted by molar-refractivity contribution is 0.386. The van der Waals surface area contributed by atoms with Gasteiger partial charge in [-0.05, 0) is 37.3 Å².